The first-order valence-electron chi connectivity index (χ1n) is 11.2. The Morgan fingerprint density at radius 3 is 2.82 bits per heavy atom. The fourth-order valence-corrected chi connectivity index (χ4v) is 4.53. The fraction of sp³-hybridized carbons (Fsp3) is 0.231. The number of carbonyl (C=O) groups is 2. The van der Waals surface area contributed by atoms with Gasteiger partial charge >= 0.3 is 0 Å². The third kappa shape index (κ3) is 4.49. The van der Waals surface area contributed by atoms with Crippen LogP contribution < -0.4 is 10.6 Å². The van der Waals surface area contributed by atoms with Crippen LogP contribution in [0.15, 0.2) is 52.9 Å². The number of benzene rings is 2. The molecule has 8 heteroatoms. The molecule has 0 bridgehead atoms. The maximum Gasteiger partial charge on any atom is 0.256 e. The number of para-hydroxylation sites is 1. The largest absolute Gasteiger partial charge is 0.457 e. The van der Waals surface area contributed by atoms with Crippen molar-refractivity contribution in [1.82, 2.24) is 10.2 Å². The second-order valence-electron chi connectivity index (χ2n) is 8.38. The summed E-state index contributed by atoms with van der Waals surface area (Å²) in [4.78, 5) is 27.4. The molecule has 2 amide bonds. The molecule has 3 aromatic rings. The minimum absolute atomic E-state index is 0.170. The van der Waals surface area contributed by atoms with E-state index in [-0.39, 0.29) is 11.6 Å². The number of nitrogens with zero attached hydrogens (tertiary/aromatic N) is 1. The number of amides is 2. The quantitative estimate of drug-likeness (QED) is 0.485. The normalized spacial score (nSPS) is 16.6. The average Bonchev–Trinajstić information content (AvgIpc) is 3.57. The van der Waals surface area contributed by atoms with E-state index in [1.807, 2.05) is 0 Å². The zero-order valence-electron chi connectivity index (χ0n) is 18.4. The van der Waals surface area contributed by atoms with Crippen LogP contribution in [0.25, 0.3) is 23.0 Å². The van der Waals surface area contributed by atoms with Crippen LogP contribution in [0.4, 0.5) is 10.1 Å². The van der Waals surface area contributed by atoms with E-state index in [0.29, 0.717) is 45.4 Å². The molecule has 2 aromatic carbocycles. The van der Waals surface area contributed by atoms with Crippen LogP contribution in [-0.4, -0.2) is 42.9 Å². The average molecular weight is 480 g/mol. The summed E-state index contributed by atoms with van der Waals surface area (Å²) in [5.41, 5.74) is 2.04. The Balaban J connectivity index is 1.33. The Labute approximate surface area is 201 Å². The number of hydrogen-bond donors (Lipinski definition) is 2. The van der Waals surface area contributed by atoms with Gasteiger partial charge in [0.2, 0.25) is 0 Å². The molecule has 0 saturated carbocycles. The maximum absolute atomic E-state index is 14.0. The molecule has 1 saturated heterocycles. The highest BCUT2D eigenvalue weighted by Gasteiger charge is 2.27. The molecule has 174 valence electrons. The van der Waals surface area contributed by atoms with E-state index in [9.17, 15) is 14.0 Å². The molecule has 0 radical (unpaired) electrons. The third-order valence-corrected chi connectivity index (χ3v) is 6.44. The molecule has 5 rings (SSSR count). The molecule has 0 atom stereocenters. The second kappa shape index (κ2) is 9.44. The van der Waals surface area contributed by atoms with Gasteiger partial charge in [-0.1, -0.05) is 23.7 Å². The van der Waals surface area contributed by atoms with Gasteiger partial charge in [0, 0.05) is 24.2 Å². The van der Waals surface area contributed by atoms with Crippen molar-refractivity contribution in [2.75, 3.05) is 31.5 Å². The summed E-state index contributed by atoms with van der Waals surface area (Å²) in [7, 11) is 0. The summed E-state index contributed by atoms with van der Waals surface area (Å²) >= 11 is 6.29. The summed E-state index contributed by atoms with van der Waals surface area (Å²) in [6.07, 6.45) is 3.99. The van der Waals surface area contributed by atoms with Gasteiger partial charge < -0.3 is 20.0 Å². The Morgan fingerprint density at radius 1 is 1.18 bits per heavy atom. The second-order valence-corrected chi connectivity index (χ2v) is 8.78. The predicted octanol–water partition coefficient (Wildman–Crippen LogP) is 5.06. The summed E-state index contributed by atoms with van der Waals surface area (Å²) in [5.74, 6) is -0.156. The Bertz CT molecular complexity index is 1290. The monoisotopic (exact) mass is 479 g/mol. The fourth-order valence-electron chi connectivity index (χ4n) is 4.33. The van der Waals surface area contributed by atoms with Crippen LogP contribution in [0.5, 0.6) is 0 Å². The van der Waals surface area contributed by atoms with Crippen LogP contribution in [-0.2, 0) is 4.79 Å². The zero-order chi connectivity index (χ0) is 23.7. The highest BCUT2D eigenvalue weighted by Crippen LogP contribution is 2.35. The van der Waals surface area contributed by atoms with Crippen molar-refractivity contribution in [1.29, 1.82) is 0 Å². The van der Waals surface area contributed by atoms with Gasteiger partial charge in [-0.25, -0.2) is 4.39 Å². The van der Waals surface area contributed by atoms with Crippen LogP contribution in [0.2, 0.25) is 5.02 Å². The number of carbonyl (C=O) groups excluding carboxylic acids is 2. The summed E-state index contributed by atoms with van der Waals surface area (Å²) in [6, 6.07) is 13.1. The molecular formula is C26H23ClFN3O3. The first-order valence-corrected chi connectivity index (χ1v) is 11.6. The highest BCUT2D eigenvalue weighted by molar-refractivity contribution is 6.35. The molecule has 0 unspecified atom stereocenters. The molecule has 6 nitrogen and oxygen atoms in total. The van der Waals surface area contributed by atoms with E-state index < -0.39 is 11.7 Å². The van der Waals surface area contributed by atoms with E-state index in [1.54, 1.807) is 48.5 Å². The van der Waals surface area contributed by atoms with Crippen molar-refractivity contribution < 1.29 is 18.4 Å². The third-order valence-electron chi connectivity index (χ3n) is 6.11. The lowest BCUT2D eigenvalue weighted by Gasteiger charge is -2.15. The van der Waals surface area contributed by atoms with Gasteiger partial charge in [-0.3, -0.25) is 9.59 Å². The molecule has 2 aliphatic heterocycles. The van der Waals surface area contributed by atoms with Crippen LogP contribution in [0.3, 0.4) is 0 Å². The van der Waals surface area contributed by atoms with E-state index >= 15 is 0 Å². The number of furan rings is 1. The molecule has 1 fully saturated rings. The Hall–Kier alpha value is -3.42. The predicted molar refractivity (Wildman–Crippen MR) is 130 cm³/mol. The minimum atomic E-state index is -0.484. The van der Waals surface area contributed by atoms with Gasteiger partial charge in [0.1, 0.15) is 17.3 Å². The van der Waals surface area contributed by atoms with E-state index in [0.717, 1.165) is 19.6 Å². The number of rotatable bonds is 6. The minimum Gasteiger partial charge on any atom is -0.457 e. The van der Waals surface area contributed by atoms with Crippen molar-refractivity contribution in [2.24, 2.45) is 0 Å². The van der Waals surface area contributed by atoms with E-state index in [4.69, 9.17) is 16.0 Å². The van der Waals surface area contributed by atoms with Crippen LogP contribution in [0, 0.1) is 5.82 Å². The van der Waals surface area contributed by atoms with Gasteiger partial charge in [-0.05, 0) is 68.4 Å². The van der Waals surface area contributed by atoms with Crippen LogP contribution >= 0.6 is 11.6 Å². The Kier molecular flexibility index (Phi) is 6.22. The van der Waals surface area contributed by atoms with E-state index in [2.05, 4.69) is 15.5 Å². The van der Waals surface area contributed by atoms with Crippen LogP contribution in [0.1, 0.15) is 34.5 Å². The van der Waals surface area contributed by atoms with Crippen molar-refractivity contribution in [3.8, 4) is 11.3 Å². The SMILES string of the molecule is O=C1Nc2c(F)cccc2C1=Cc1ccc(-c2ccc(Cl)c(C(=O)NCCN3CCCC3)c2)o1. The lowest BCUT2D eigenvalue weighted by molar-refractivity contribution is -0.110. The standard InChI is InChI=1S/C26H23ClFN3O3/c27-21-8-6-16(14-20(21)25(32)29-10-13-31-11-1-2-12-31)23-9-7-17(34-23)15-19-18-4-3-5-22(28)24(18)30-26(19)33/h3-9,14-15H,1-2,10-13H2,(H,29,32)(H,30,33). The van der Waals surface area contributed by atoms with Crippen molar-refractivity contribution >= 4 is 40.8 Å². The highest BCUT2D eigenvalue weighted by atomic mass is 35.5. The smallest absolute Gasteiger partial charge is 0.256 e. The van der Waals surface area contributed by atoms with Gasteiger partial charge in [0.25, 0.3) is 11.8 Å². The number of fused-ring (bicyclic) bond motifs is 1. The van der Waals surface area contributed by atoms with Crippen molar-refractivity contribution in [2.45, 2.75) is 12.8 Å². The topological polar surface area (TPSA) is 74.6 Å². The number of likely N-dealkylation sites (tertiary alicyclic amines) is 1. The Morgan fingerprint density at radius 2 is 2.00 bits per heavy atom. The summed E-state index contributed by atoms with van der Waals surface area (Å²) in [6.45, 7) is 3.53. The first-order chi connectivity index (χ1) is 16.5. The summed E-state index contributed by atoms with van der Waals surface area (Å²) < 4.78 is 19.9. The van der Waals surface area contributed by atoms with E-state index in [1.165, 1.54) is 18.9 Å². The number of nitrogens with one attached hydrogen (secondary N) is 2. The summed E-state index contributed by atoms with van der Waals surface area (Å²) in [5, 5.41) is 5.85. The lowest BCUT2D eigenvalue weighted by atomic mass is 10.1. The molecule has 3 heterocycles. The molecule has 2 aliphatic rings. The zero-order valence-corrected chi connectivity index (χ0v) is 19.1. The first kappa shape index (κ1) is 22.4. The lowest BCUT2D eigenvalue weighted by Crippen LogP contribution is -2.33. The van der Waals surface area contributed by atoms with Crippen molar-refractivity contribution in [3.05, 3.63) is 76.3 Å². The molecule has 2 N–H and O–H groups in total. The number of halogens is 2. The molecule has 34 heavy (non-hydrogen) atoms. The van der Waals surface area contributed by atoms with Gasteiger partial charge in [0.15, 0.2) is 0 Å². The molecule has 1 aromatic heterocycles. The number of hydrogen-bond acceptors (Lipinski definition) is 4. The number of anilines is 1. The maximum atomic E-state index is 14.0. The molecular weight excluding hydrogens is 457 g/mol. The van der Waals surface area contributed by atoms with Gasteiger partial charge in [-0.15, -0.1) is 0 Å². The van der Waals surface area contributed by atoms with Gasteiger partial charge in [-0.2, -0.15) is 0 Å². The molecule has 0 spiro atoms. The van der Waals surface area contributed by atoms with Crippen molar-refractivity contribution in [3.63, 3.8) is 0 Å². The van der Waals surface area contributed by atoms with Gasteiger partial charge in [0.05, 0.1) is 21.8 Å². The molecule has 0 aliphatic carbocycles.